The number of hydrogen-bond acceptors (Lipinski definition) is 3. The van der Waals surface area contributed by atoms with Crippen LogP contribution in [0.2, 0.25) is 0 Å². The van der Waals surface area contributed by atoms with Crippen molar-refractivity contribution in [3.05, 3.63) is 235 Å². The molecule has 282 valence electrons. The Morgan fingerprint density at radius 1 is 0.279 bits per heavy atom. The van der Waals surface area contributed by atoms with Gasteiger partial charge in [0, 0.05) is 16.7 Å². The average Bonchev–Trinajstić information content (AvgIpc) is 3.80. The third-order valence-corrected chi connectivity index (χ3v) is 13.1. The van der Waals surface area contributed by atoms with E-state index in [1.807, 2.05) is 18.2 Å². The molecule has 1 aromatic heterocycles. The van der Waals surface area contributed by atoms with Crippen LogP contribution in [0.1, 0.15) is 22.3 Å². The van der Waals surface area contributed by atoms with Gasteiger partial charge in [0.25, 0.3) is 0 Å². The zero-order valence-corrected chi connectivity index (χ0v) is 33.0. The lowest BCUT2D eigenvalue weighted by Gasteiger charge is -2.30. The summed E-state index contributed by atoms with van der Waals surface area (Å²) in [4.78, 5) is 15.6. The Bertz CT molecular complexity index is 3540. The molecule has 0 bridgehead atoms. The molecule has 0 amide bonds. The highest BCUT2D eigenvalue weighted by Gasteiger charge is 2.51. The summed E-state index contributed by atoms with van der Waals surface area (Å²) in [6, 6.07) is 76.8. The summed E-state index contributed by atoms with van der Waals surface area (Å²) in [6.07, 6.45) is 0. The van der Waals surface area contributed by atoms with Crippen LogP contribution in [0.15, 0.2) is 212 Å². The van der Waals surface area contributed by atoms with E-state index in [4.69, 9.17) is 15.0 Å². The van der Waals surface area contributed by atoms with Crippen LogP contribution in [0, 0.1) is 0 Å². The number of nitrogens with zero attached hydrogens (tertiary/aromatic N) is 3. The average molecular weight is 774 g/mol. The fourth-order valence-corrected chi connectivity index (χ4v) is 10.5. The molecule has 0 atom stereocenters. The molecule has 2 aliphatic rings. The van der Waals surface area contributed by atoms with Crippen LogP contribution in [0.25, 0.3) is 99.9 Å². The first-order chi connectivity index (χ1) is 30.2. The van der Waals surface area contributed by atoms with Crippen LogP contribution in [0.5, 0.6) is 0 Å². The molecule has 0 aliphatic heterocycles. The molecule has 0 radical (unpaired) electrons. The standard InChI is InChI=1S/C58H35N3/c1-2-15-38(16-3-1)55-59-56(39-29-27-37(28-30-39)53-44-19-7-5-17-40(44)34-41-31-26-36-14-4-6-18-43(36)54(41)53)61-57(60-55)42-32-33-52-48(35-42)47-22-10-13-25-51(47)58(52)49-23-11-8-20-45(49)46-21-9-12-24-50(46)58/h1-35H. The van der Waals surface area contributed by atoms with Crippen molar-refractivity contribution in [2.75, 3.05) is 0 Å². The van der Waals surface area contributed by atoms with E-state index in [1.165, 1.54) is 82.4 Å². The van der Waals surface area contributed by atoms with E-state index in [9.17, 15) is 0 Å². The Morgan fingerprint density at radius 3 is 1.41 bits per heavy atom. The van der Waals surface area contributed by atoms with Gasteiger partial charge in [0.05, 0.1) is 5.41 Å². The van der Waals surface area contributed by atoms with E-state index in [0.717, 1.165) is 22.3 Å². The molecule has 3 nitrogen and oxygen atoms in total. The van der Waals surface area contributed by atoms with E-state index in [2.05, 4.69) is 194 Å². The van der Waals surface area contributed by atoms with Gasteiger partial charge in [0.15, 0.2) is 17.5 Å². The Hall–Kier alpha value is -8.01. The number of rotatable bonds is 4. The molecule has 1 spiro atoms. The molecule has 10 aromatic carbocycles. The summed E-state index contributed by atoms with van der Waals surface area (Å²) in [5.74, 6) is 1.93. The van der Waals surface area contributed by atoms with Crippen LogP contribution in [-0.2, 0) is 5.41 Å². The summed E-state index contributed by atoms with van der Waals surface area (Å²) in [5.41, 5.74) is 15.1. The summed E-state index contributed by atoms with van der Waals surface area (Å²) in [7, 11) is 0. The zero-order valence-electron chi connectivity index (χ0n) is 33.0. The topological polar surface area (TPSA) is 38.7 Å². The second kappa shape index (κ2) is 13.0. The van der Waals surface area contributed by atoms with Crippen LogP contribution >= 0.6 is 0 Å². The first kappa shape index (κ1) is 33.9. The quantitative estimate of drug-likeness (QED) is 0.132. The first-order valence-electron chi connectivity index (χ1n) is 20.9. The van der Waals surface area contributed by atoms with E-state index < -0.39 is 5.41 Å². The number of hydrogen-bond donors (Lipinski definition) is 0. The van der Waals surface area contributed by atoms with Gasteiger partial charge < -0.3 is 0 Å². The largest absolute Gasteiger partial charge is 0.208 e. The van der Waals surface area contributed by atoms with Crippen molar-refractivity contribution < 1.29 is 0 Å². The Kier molecular flexibility index (Phi) is 7.22. The summed E-state index contributed by atoms with van der Waals surface area (Å²) in [5, 5.41) is 7.44. The lowest BCUT2D eigenvalue weighted by molar-refractivity contribution is 0.794. The molecule has 11 aromatic rings. The molecule has 0 fully saturated rings. The second-order valence-electron chi connectivity index (χ2n) is 16.3. The number of fused-ring (bicyclic) bond motifs is 14. The SMILES string of the molecule is c1ccc(-c2nc(-c3ccc(-c4c5ccccc5cc5ccc6ccccc6c45)cc3)nc(-c3ccc4c(c3)-c3ccccc3C43c4ccccc4-c4ccccc43)n2)cc1. The summed E-state index contributed by atoms with van der Waals surface area (Å²) in [6.45, 7) is 0. The maximum absolute atomic E-state index is 5.26. The van der Waals surface area contributed by atoms with Crippen molar-refractivity contribution in [3.63, 3.8) is 0 Å². The maximum atomic E-state index is 5.26. The van der Waals surface area contributed by atoms with Gasteiger partial charge in [-0.2, -0.15) is 0 Å². The molecular formula is C58H35N3. The third-order valence-electron chi connectivity index (χ3n) is 13.1. The van der Waals surface area contributed by atoms with Crippen LogP contribution in [0.4, 0.5) is 0 Å². The lowest BCUT2D eigenvalue weighted by atomic mass is 9.70. The van der Waals surface area contributed by atoms with E-state index in [0.29, 0.717) is 17.5 Å². The van der Waals surface area contributed by atoms with Gasteiger partial charge >= 0.3 is 0 Å². The molecule has 61 heavy (non-hydrogen) atoms. The van der Waals surface area contributed by atoms with Crippen LogP contribution < -0.4 is 0 Å². The predicted molar refractivity (Wildman–Crippen MR) is 250 cm³/mol. The van der Waals surface area contributed by atoms with Gasteiger partial charge in [0.1, 0.15) is 0 Å². The maximum Gasteiger partial charge on any atom is 0.164 e. The van der Waals surface area contributed by atoms with Crippen molar-refractivity contribution in [1.82, 2.24) is 15.0 Å². The normalized spacial score (nSPS) is 13.0. The van der Waals surface area contributed by atoms with Gasteiger partial charge in [-0.15, -0.1) is 0 Å². The van der Waals surface area contributed by atoms with Gasteiger partial charge in [0.2, 0.25) is 0 Å². The fourth-order valence-electron chi connectivity index (χ4n) is 10.5. The van der Waals surface area contributed by atoms with Crippen molar-refractivity contribution in [2.24, 2.45) is 0 Å². The molecule has 3 heteroatoms. The van der Waals surface area contributed by atoms with Crippen LogP contribution in [-0.4, -0.2) is 15.0 Å². The minimum absolute atomic E-state index is 0.402. The van der Waals surface area contributed by atoms with Gasteiger partial charge in [-0.1, -0.05) is 200 Å². The zero-order chi connectivity index (χ0) is 40.1. The highest BCUT2D eigenvalue weighted by Crippen LogP contribution is 2.63. The minimum atomic E-state index is -0.402. The van der Waals surface area contributed by atoms with Crippen LogP contribution in [0.3, 0.4) is 0 Å². The van der Waals surface area contributed by atoms with Crippen molar-refractivity contribution >= 4 is 32.3 Å². The molecule has 2 aliphatic carbocycles. The summed E-state index contributed by atoms with van der Waals surface area (Å²) >= 11 is 0. The molecule has 0 saturated carbocycles. The van der Waals surface area contributed by atoms with E-state index >= 15 is 0 Å². The molecule has 0 unspecified atom stereocenters. The smallest absolute Gasteiger partial charge is 0.164 e. The van der Waals surface area contributed by atoms with Crippen molar-refractivity contribution in [1.29, 1.82) is 0 Å². The van der Waals surface area contributed by atoms with Gasteiger partial charge in [-0.05, 0) is 100 Å². The van der Waals surface area contributed by atoms with Gasteiger partial charge in [-0.3, -0.25) is 0 Å². The molecule has 0 N–H and O–H groups in total. The summed E-state index contributed by atoms with van der Waals surface area (Å²) < 4.78 is 0. The number of aromatic nitrogens is 3. The second-order valence-corrected chi connectivity index (χ2v) is 16.3. The van der Waals surface area contributed by atoms with Crippen molar-refractivity contribution in [2.45, 2.75) is 5.41 Å². The highest BCUT2D eigenvalue weighted by molar-refractivity contribution is 6.22. The molecule has 13 rings (SSSR count). The van der Waals surface area contributed by atoms with E-state index in [-0.39, 0.29) is 0 Å². The monoisotopic (exact) mass is 773 g/mol. The Balaban J connectivity index is 0.982. The van der Waals surface area contributed by atoms with E-state index in [1.54, 1.807) is 0 Å². The third kappa shape index (κ3) is 4.89. The fraction of sp³-hybridized carbons (Fsp3) is 0.0172. The highest BCUT2D eigenvalue weighted by atomic mass is 15.0. The lowest BCUT2D eigenvalue weighted by Crippen LogP contribution is -2.25. The van der Waals surface area contributed by atoms with Crippen molar-refractivity contribution in [3.8, 4) is 67.5 Å². The molecular weight excluding hydrogens is 739 g/mol. The Morgan fingerprint density at radius 2 is 0.738 bits per heavy atom. The predicted octanol–water partition coefficient (Wildman–Crippen LogP) is 14.3. The molecule has 1 heterocycles. The minimum Gasteiger partial charge on any atom is -0.208 e. The van der Waals surface area contributed by atoms with Gasteiger partial charge in [-0.25, -0.2) is 15.0 Å². The first-order valence-corrected chi connectivity index (χ1v) is 20.9. The number of benzene rings is 10. The Labute approximate surface area is 353 Å². The molecule has 0 saturated heterocycles.